The Labute approximate surface area is 169 Å². The van der Waals surface area contributed by atoms with Crippen LogP contribution >= 0.6 is 0 Å². The molecule has 2 aliphatic rings. The highest BCUT2D eigenvalue weighted by atomic mass is 32.2. The third kappa shape index (κ3) is 5.13. The summed E-state index contributed by atoms with van der Waals surface area (Å²) in [5.74, 6) is -0.0654. The molecule has 0 spiro atoms. The van der Waals surface area contributed by atoms with E-state index in [1.165, 1.54) is 23.6 Å². The van der Waals surface area contributed by atoms with Crippen molar-refractivity contribution in [2.45, 2.75) is 74.8 Å². The van der Waals surface area contributed by atoms with Gasteiger partial charge in [0, 0.05) is 24.8 Å². The van der Waals surface area contributed by atoms with E-state index in [0.29, 0.717) is 18.3 Å². The van der Waals surface area contributed by atoms with Crippen LogP contribution in [-0.2, 0) is 14.8 Å². The van der Waals surface area contributed by atoms with Gasteiger partial charge < -0.3 is 5.32 Å². The minimum Gasteiger partial charge on any atom is -0.325 e. The highest BCUT2D eigenvalue weighted by molar-refractivity contribution is 7.89. The van der Waals surface area contributed by atoms with Crippen LogP contribution in [0.15, 0.2) is 29.2 Å². The lowest BCUT2D eigenvalue weighted by molar-refractivity contribution is -0.117. The van der Waals surface area contributed by atoms with Crippen LogP contribution in [0.3, 0.4) is 0 Å². The summed E-state index contributed by atoms with van der Waals surface area (Å²) in [6.45, 7) is 0.356. The van der Waals surface area contributed by atoms with Crippen LogP contribution in [0.1, 0.15) is 57.8 Å². The van der Waals surface area contributed by atoms with Crippen LogP contribution in [0.25, 0.3) is 0 Å². The van der Waals surface area contributed by atoms with Gasteiger partial charge in [0.05, 0.1) is 11.4 Å². The molecular formula is C21H33N3O3S. The number of likely N-dealkylation sites (N-methyl/N-ethyl adjacent to an activating group) is 1. The Hall–Kier alpha value is -1.44. The molecule has 156 valence electrons. The molecule has 7 heteroatoms. The lowest BCUT2D eigenvalue weighted by Crippen LogP contribution is -2.38. The van der Waals surface area contributed by atoms with Gasteiger partial charge in [-0.15, -0.1) is 0 Å². The Morgan fingerprint density at radius 1 is 0.929 bits per heavy atom. The molecule has 6 nitrogen and oxygen atoms in total. The molecule has 0 heterocycles. The van der Waals surface area contributed by atoms with E-state index in [-0.39, 0.29) is 16.8 Å². The fourth-order valence-corrected chi connectivity index (χ4v) is 5.83. The van der Waals surface area contributed by atoms with Crippen molar-refractivity contribution in [2.75, 3.05) is 26.0 Å². The van der Waals surface area contributed by atoms with Gasteiger partial charge in [-0.3, -0.25) is 9.69 Å². The molecule has 0 unspecified atom stereocenters. The number of amides is 1. The van der Waals surface area contributed by atoms with E-state index < -0.39 is 10.0 Å². The molecule has 1 amide bonds. The number of carbonyl (C=O) groups excluding carboxylic acids is 1. The number of sulfonamides is 1. The second-order valence-corrected chi connectivity index (χ2v) is 10.2. The largest absolute Gasteiger partial charge is 0.325 e. The van der Waals surface area contributed by atoms with Crippen LogP contribution in [0, 0.1) is 0 Å². The van der Waals surface area contributed by atoms with E-state index in [2.05, 4.69) is 10.2 Å². The highest BCUT2D eigenvalue weighted by Gasteiger charge is 2.29. The SMILES string of the molecule is CN(CC(=O)Nc1ccc(S(=O)(=O)N(C)C2CCCCC2)cc1)C1CCCC1. The average Bonchev–Trinajstić information content (AvgIpc) is 3.23. The maximum absolute atomic E-state index is 12.9. The predicted molar refractivity (Wildman–Crippen MR) is 112 cm³/mol. The number of nitrogens with one attached hydrogen (secondary N) is 1. The minimum absolute atomic E-state index is 0.0654. The normalized spacial score (nSPS) is 19.4. The van der Waals surface area contributed by atoms with Crippen LogP contribution in [0.5, 0.6) is 0 Å². The molecule has 2 aliphatic carbocycles. The molecule has 3 rings (SSSR count). The van der Waals surface area contributed by atoms with Gasteiger partial charge in [0.15, 0.2) is 0 Å². The zero-order valence-electron chi connectivity index (χ0n) is 17.1. The Morgan fingerprint density at radius 2 is 1.46 bits per heavy atom. The fraction of sp³-hybridized carbons (Fsp3) is 0.667. The molecule has 1 aromatic carbocycles. The maximum Gasteiger partial charge on any atom is 0.243 e. The zero-order valence-corrected chi connectivity index (χ0v) is 17.9. The van der Waals surface area contributed by atoms with Gasteiger partial charge in [-0.25, -0.2) is 8.42 Å². The van der Waals surface area contributed by atoms with Gasteiger partial charge in [0.1, 0.15) is 0 Å². The van der Waals surface area contributed by atoms with Gasteiger partial charge in [0.25, 0.3) is 0 Å². The first-order valence-corrected chi connectivity index (χ1v) is 11.9. The number of anilines is 1. The molecule has 0 saturated heterocycles. The Balaban J connectivity index is 1.58. The molecule has 2 saturated carbocycles. The van der Waals surface area contributed by atoms with Crippen molar-refractivity contribution >= 4 is 21.6 Å². The first-order valence-electron chi connectivity index (χ1n) is 10.5. The quantitative estimate of drug-likeness (QED) is 0.752. The summed E-state index contributed by atoms with van der Waals surface area (Å²) in [6.07, 6.45) is 10.0. The van der Waals surface area contributed by atoms with Crippen molar-refractivity contribution in [1.82, 2.24) is 9.21 Å². The van der Waals surface area contributed by atoms with Crippen molar-refractivity contribution in [3.63, 3.8) is 0 Å². The van der Waals surface area contributed by atoms with Crippen molar-refractivity contribution < 1.29 is 13.2 Å². The highest BCUT2D eigenvalue weighted by Crippen LogP contribution is 2.27. The lowest BCUT2D eigenvalue weighted by atomic mass is 9.96. The van der Waals surface area contributed by atoms with Gasteiger partial charge in [-0.2, -0.15) is 4.31 Å². The first-order chi connectivity index (χ1) is 13.4. The third-order valence-electron chi connectivity index (χ3n) is 6.25. The second-order valence-electron chi connectivity index (χ2n) is 8.24. The number of nitrogens with zero attached hydrogens (tertiary/aromatic N) is 2. The summed E-state index contributed by atoms with van der Waals surface area (Å²) < 4.78 is 27.3. The van der Waals surface area contributed by atoms with Crippen molar-refractivity contribution in [2.24, 2.45) is 0 Å². The van der Waals surface area contributed by atoms with Crippen molar-refractivity contribution in [1.29, 1.82) is 0 Å². The molecule has 1 aromatic rings. The van der Waals surface area contributed by atoms with Crippen molar-refractivity contribution in [3.05, 3.63) is 24.3 Å². The predicted octanol–water partition coefficient (Wildman–Crippen LogP) is 3.45. The smallest absolute Gasteiger partial charge is 0.243 e. The monoisotopic (exact) mass is 407 g/mol. The zero-order chi connectivity index (χ0) is 20.1. The summed E-state index contributed by atoms with van der Waals surface area (Å²) >= 11 is 0. The number of hydrogen-bond acceptors (Lipinski definition) is 4. The molecule has 0 radical (unpaired) electrons. The van der Waals surface area contributed by atoms with Gasteiger partial charge in [-0.1, -0.05) is 32.1 Å². The topological polar surface area (TPSA) is 69.7 Å². The second kappa shape index (κ2) is 9.37. The minimum atomic E-state index is -3.50. The molecule has 0 bridgehead atoms. The van der Waals surface area contributed by atoms with Gasteiger partial charge in [0.2, 0.25) is 15.9 Å². The van der Waals surface area contributed by atoms with Gasteiger partial charge >= 0.3 is 0 Å². The molecule has 0 aromatic heterocycles. The van der Waals surface area contributed by atoms with Crippen LogP contribution in [0.4, 0.5) is 5.69 Å². The molecule has 0 aliphatic heterocycles. The van der Waals surface area contributed by atoms with Crippen LogP contribution < -0.4 is 5.32 Å². The molecule has 1 N–H and O–H groups in total. The van der Waals surface area contributed by atoms with Crippen molar-refractivity contribution in [3.8, 4) is 0 Å². The Bertz CT molecular complexity index is 752. The van der Waals surface area contributed by atoms with Crippen LogP contribution in [0.2, 0.25) is 0 Å². The van der Waals surface area contributed by atoms with E-state index in [1.54, 1.807) is 31.3 Å². The Morgan fingerprint density at radius 3 is 2.07 bits per heavy atom. The summed E-state index contributed by atoms with van der Waals surface area (Å²) in [6, 6.07) is 7.11. The molecule has 28 heavy (non-hydrogen) atoms. The fourth-order valence-electron chi connectivity index (χ4n) is 4.42. The first kappa shape index (κ1) is 21.3. The number of rotatable bonds is 7. The summed E-state index contributed by atoms with van der Waals surface area (Å²) in [4.78, 5) is 14.7. The number of hydrogen-bond donors (Lipinski definition) is 1. The summed E-state index contributed by atoms with van der Waals surface area (Å²) in [7, 11) is 0.171. The number of carbonyl (C=O) groups is 1. The van der Waals surface area contributed by atoms with E-state index in [1.807, 2.05) is 7.05 Å². The van der Waals surface area contributed by atoms with E-state index in [9.17, 15) is 13.2 Å². The number of benzene rings is 1. The third-order valence-corrected chi connectivity index (χ3v) is 8.17. The lowest BCUT2D eigenvalue weighted by Gasteiger charge is -2.30. The Kier molecular flexibility index (Phi) is 7.12. The standard InChI is InChI=1S/C21H33N3O3S/c1-23(18-8-6-7-9-18)16-21(25)22-17-12-14-20(15-13-17)28(26,27)24(2)19-10-4-3-5-11-19/h12-15,18-19H,3-11,16H2,1-2H3,(H,22,25). The van der Waals surface area contributed by atoms with Crippen LogP contribution in [-0.4, -0.2) is 56.3 Å². The molecule has 2 fully saturated rings. The average molecular weight is 408 g/mol. The summed E-state index contributed by atoms with van der Waals surface area (Å²) in [5.41, 5.74) is 0.629. The van der Waals surface area contributed by atoms with E-state index >= 15 is 0 Å². The van der Waals surface area contributed by atoms with Gasteiger partial charge in [-0.05, 0) is 57.0 Å². The van der Waals surface area contributed by atoms with E-state index in [4.69, 9.17) is 0 Å². The molecule has 0 atom stereocenters. The maximum atomic E-state index is 12.9. The summed E-state index contributed by atoms with van der Waals surface area (Å²) in [5, 5.41) is 2.88. The molecular weight excluding hydrogens is 374 g/mol. The van der Waals surface area contributed by atoms with E-state index in [0.717, 1.165) is 38.5 Å².